The summed E-state index contributed by atoms with van der Waals surface area (Å²) in [5.74, 6) is -0.621. The molecule has 1 atom stereocenters. The lowest BCUT2D eigenvalue weighted by Gasteiger charge is -2.25. The number of nitrogens with zero attached hydrogens (tertiary/aromatic N) is 1. The lowest BCUT2D eigenvalue weighted by atomic mass is 9.87. The second-order valence-electron chi connectivity index (χ2n) is 6.69. The van der Waals surface area contributed by atoms with E-state index in [4.69, 9.17) is 0 Å². The molecule has 134 valence electrons. The predicted molar refractivity (Wildman–Crippen MR) is 98.9 cm³/mol. The fraction of sp³-hybridized carbons (Fsp3) is 0.286. The van der Waals surface area contributed by atoms with E-state index in [1.54, 1.807) is 6.07 Å². The van der Waals surface area contributed by atoms with Crippen molar-refractivity contribution in [2.75, 3.05) is 6.54 Å². The maximum Gasteiger partial charge on any atom is 0.325 e. The van der Waals surface area contributed by atoms with Gasteiger partial charge in [0.1, 0.15) is 5.54 Å². The maximum atomic E-state index is 13.1. The third-order valence-electron chi connectivity index (χ3n) is 4.97. The van der Waals surface area contributed by atoms with E-state index in [9.17, 15) is 14.4 Å². The smallest absolute Gasteiger partial charge is 0.319 e. The highest BCUT2D eigenvalue weighted by Gasteiger charge is 2.51. The van der Waals surface area contributed by atoms with Crippen LogP contribution in [-0.2, 0) is 10.3 Å². The number of aryl methyl sites for hydroxylation is 2. The van der Waals surface area contributed by atoms with E-state index in [0.29, 0.717) is 12.0 Å². The van der Waals surface area contributed by atoms with Gasteiger partial charge in [0.15, 0.2) is 5.78 Å². The van der Waals surface area contributed by atoms with Gasteiger partial charge in [0, 0.05) is 5.56 Å². The zero-order chi connectivity index (χ0) is 18.9. The van der Waals surface area contributed by atoms with E-state index in [2.05, 4.69) is 5.32 Å². The molecule has 1 saturated heterocycles. The van der Waals surface area contributed by atoms with Crippen LogP contribution in [0.15, 0.2) is 48.5 Å². The lowest BCUT2D eigenvalue weighted by molar-refractivity contribution is -0.131. The minimum Gasteiger partial charge on any atom is -0.319 e. The summed E-state index contributed by atoms with van der Waals surface area (Å²) >= 11 is 0. The summed E-state index contributed by atoms with van der Waals surface area (Å²) in [7, 11) is 0. The van der Waals surface area contributed by atoms with Gasteiger partial charge in [-0.1, -0.05) is 55.0 Å². The van der Waals surface area contributed by atoms with E-state index in [1.807, 2.05) is 63.2 Å². The highest BCUT2D eigenvalue weighted by atomic mass is 16.2. The standard InChI is InChI=1S/C21H22N2O3/c1-4-21(16-8-6-5-7-9-16)19(25)23(20(26)22-21)13-18(24)17-12-14(2)10-11-15(17)3/h5-12H,4,13H2,1-3H3,(H,22,26). The predicted octanol–water partition coefficient (Wildman–Crippen LogP) is 3.34. The maximum absolute atomic E-state index is 13.1. The van der Waals surface area contributed by atoms with Crippen LogP contribution in [-0.4, -0.2) is 29.2 Å². The number of carbonyl (C=O) groups excluding carboxylic acids is 3. The molecule has 1 heterocycles. The molecule has 3 rings (SSSR count). The molecule has 5 heteroatoms. The van der Waals surface area contributed by atoms with Gasteiger partial charge < -0.3 is 5.32 Å². The number of amides is 3. The third-order valence-corrected chi connectivity index (χ3v) is 4.97. The van der Waals surface area contributed by atoms with Crippen LogP contribution in [0.1, 0.15) is 40.4 Å². The van der Waals surface area contributed by atoms with Crippen molar-refractivity contribution < 1.29 is 14.4 Å². The van der Waals surface area contributed by atoms with E-state index in [1.165, 1.54) is 0 Å². The van der Waals surface area contributed by atoms with Gasteiger partial charge in [0.05, 0.1) is 6.54 Å². The molecule has 0 aliphatic carbocycles. The molecule has 3 amide bonds. The van der Waals surface area contributed by atoms with Gasteiger partial charge in [0.2, 0.25) is 0 Å². The van der Waals surface area contributed by atoms with E-state index in [0.717, 1.165) is 21.6 Å². The molecular weight excluding hydrogens is 328 g/mol. The van der Waals surface area contributed by atoms with Crippen molar-refractivity contribution in [3.05, 3.63) is 70.8 Å². The minimum atomic E-state index is -1.11. The molecule has 0 spiro atoms. The monoisotopic (exact) mass is 350 g/mol. The zero-order valence-corrected chi connectivity index (χ0v) is 15.2. The first-order chi connectivity index (χ1) is 12.4. The molecule has 2 aromatic carbocycles. The topological polar surface area (TPSA) is 66.5 Å². The van der Waals surface area contributed by atoms with Crippen molar-refractivity contribution in [3.8, 4) is 0 Å². The molecular formula is C21H22N2O3. The van der Waals surface area contributed by atoms with Crippen LogP contribution in [0.4, 0.5) is 4.79 Å². The van der Waals surface area contributed by atoms with Gasteiger partial charge in [0.25, 0.3) is 5.91 Å². The van der Waals surface area contributed by atoms with Crippen LogP contribution >= 0.6 is 0 Å². The van der Waals surface area contributed by atoms with Crippen molar-refractivity contribution >= 4 is 17.7 Å². The number of carbonyl (C=O) groups is 3. The summed E-state index contributed by atoms with van der Waals surface area (Å²) < 4.78 is 0. The fourth-order valence-corrected chi connectivity index (χ4v) is 3.40. The molecule has 0 bridgehead atoms. The molecule has 0 saturated carbocycles. The number of hydrogen-bond donors (Lipinski definition) is 1. The van der Waals surface area contributed by atoms with Gasteiger partial charge in [-0.15, -0.1) is 0 Å². The van der Waals surface area contributed by atoms with Gasteiger partial charge in [-0.3, -0.25) is 14.5 Å². The molecule has 1 N–H and O–H groups in total. The summed E-state index contributed by atoms with van der Waals surface area (Å²) in [6.45, 7) is 5.34. The fourth-order valence-electron chi connectivity index (χ4n) is 3.40. The number of hydrogen-bond acceptors (Lipinski definition) is 3. The Labute approximate surface area is 153 Å². The van der Waals surface area contributed by atoms with Crippen LogP contribution in [0.5, 0.6) is 0 Å². The summed E-state index contributed by atoms with van der Waals surface area (Å²) in [5.41, 5.74) is 1.95. The average Bonchev–Trinajstić information content (AvgIpc) is 2.89. The normalized spacial score (nSPS) is 19.6. The summed E-state index contributed by atoms with van der Waals surface area (Å²) in [5, 5.41) is 2.80. The number of Topliss-reactive ketones (excluding diaryl/α,β-unsaturated/α-hetero) is 1. The van der Waals surface area contributed by atoms with Crippen LogP contribution in [0.25, 0.3) is 0 Å². The Hall–Kier alpha value is -2.95. The first-order valence-electron chi connectivity index (χ1n) is 8.69. The van der Waals surface area contributed by atoms with Crippen molar-refractivity contribution in [1.82, 2.24) is 10.2 Å². The summed E-state index contributed by atoms with van der Waals surface area (Å²) in [6, 6.07) is 14.2. The SMILES string of the molecule is CCC1(c2ccccc2)NC(=O)N(CC(=O)c2cc(C)ccc2C)C1=O. The molecule has 1 unspecified atom stereocenters. The quantitative estimate of drug-likeness (QED) is 0.664. The van der Waals surface area contributed by atoms with Gasteiger partial charge in [-0.25, -0.2) is 4.79 Å². The number of imide groups is 1. The van der Waals surface area contributed by atoms with Crippen molar-refractivity contribution in [2.45, 2.75) is 32.7 Å². The van der Waals surface area contributed by atoms with Crippen LogP contribution in [0.3, 0.4) is 0 Å². The van der Waals surface area contributed by atoms with Gasteiger partial charge >= 0.3 is 6.03 Å². The molecule has 5 nitrogen and oxygen atoms in total. The van der Waals surface area contributed by atoms with Crippen LogP contribution in [0.2, 0.25) is 0 Å². The van der Waals surface area contributed by atoms with Crippen molar-refractivity contribution in [2.24, 2.45) is 0 Å². The Kier molecular flexibility index (Phi) is 4.64. The van der Waals surface area contributed by atoms with E-state index in [-0.39, 0.29) is 18.2 Å². The molecule has 1 aliphatic rings. The number of nitrogens with one attached hydrogen (secondary N) is 1. The first-order valence-corrected chi connectivity index (χ1v) is 8.69. The van der Waals surface area contributed by atoms with Crippen molar-refractivity contribution in [3.63, 3.8) is 0 Å². The largest absolute Gasteiger partial charge is 0.325 e. The van der Waals surface area contributed by atoms with Crippen LogP contribution in [0, 0.1) is 13.8 Å². The minimum absolute atomic E-state index is 0.241. The molecule has 1 aliphatic heterocycles. The Morgan fingerprint density at radius 3 is 2.42 bits per heavy atom. The second-order valence-corrected chi connectivity index (χ2v) is 6.69. The number of benzene rings is 2. The third kappa shape index (κ3) is 2.90. The summed E-state index contributed by atoms with van der Waals surface area (Å²) in [6.07, 6.45) is 0.412. The van der Waals surface area contributed by atoms with Crippen LogP contribution < -0.4 is 5.32 Å². The van der Waals surface area contributed by atoms with Gasteiger partial charge in [-0.2, -0.15) is 0 Å². The van der Waals surface area contributed by atoms with E-state index < -0.39 is 11.6 Å². The summed E-state index contributed by atoms with van der Waals surface area (Å²) in [4.78, 5) is 39.3. The average molecular weight is 350 g/mol. The van der Waals surface area contributed by atoms with Crippen molar-refractivity contribution in [1.29, 1.82) is 0 Å². The Morgan fingerprint density at radius 2 is 1.77 bits per heavy atom. The Morgan fingerprint density at radius 1 is 1.08 bits per heavy atom. The molecule has 1 fully saturated rings. The zero-order valence-electron chi connectivity index (χ0n) is 15.2. The number of urea groups is 1. The molecule has 0 aromatic heterocycles. The molecule has 26 heavy (non-hydrogen) atoms. The van der Waals surface area contributed by atoms with E-state index >= 15 is 0 Å². The van der Waals surface area contributed by atoms with Gasteiger partial charge in [-0.05, 0) is 37.5 Å². The number of ketones is 1. The Balaban J connectivity index is 1.90. The highest BCUT2D eigenvalue weighted by molar-refractivity contribution is 6.11. The molecule has 2 aromatic rings. The highest BCUT2D eigenvalue weighted by Crippen LogP contribution is 2.32. The molecule has 0 radical (unpaired) electrons. The second kappa shape index (κ2) is 6.75. The lowest BCUT2D eigenvalue weighted by Crippen LogP contribution is -2.43. The Bertz CT molecular complexity index is 876. The first kappa shape index (κ1) is 17.9. The number of rotatable bonds is 5.